The van der Waals surface area contributed by atoms with Crippen molar-refractivity contribution >= 4 is 34.9 Å². The van der Waals surface area contributed by atoms with E-state index in [0.29, 0.717) is 66.7 Å². The van der Waals surface area contributed by atoms with Crippen LogP contribution in [0.2, 0.25) is 10.0 Å². The molecule has 4 aromatic rings. The highest BCUT2D eigenvalue weighted by Crippen LogP contribution is 2.23. The first-order valence-electron chi connectivity index (χ1n) is 16.7. The molecule has 2 aromatic carbocycles. The van der Waals surface area contributed by atoms with Gasteiger partial charge in [-0.05, 0) is 67.2 Å². The van der Waals surface area contributed by atoms with Crippen LogP contribution in [0.25, 0.3) is 0 Å². The Morgan fingerprint density at radius 2 is 1.29 bits per heavy atom. The summed E-state index contributed by atoms with van der Waals surface area (Å²) in [6.07, 6.45) is 5.88. The van der Waals surface area contributed by atoms with E-state index in [1.165, 1.54) is 10.2 Å². The zero-order valence-electron chi connectivity index (χ0n) is 28.8. The molecule has 0 atom stereocenters. The average Bonchev–Trinajstić information content (AvgIpc) is 3.55. The second-order valence-electron chi connectivity index (χ2n) is 11.6. The molecule has 4 rings (SSSR count). The van der Waals surface area contributed by atoms with Crippen molar-refractivity contribution in [2.24, 2.45) is 14.1 Å². The summed E-state index contributed by atoms with van der Waals surface area (Å²) in [4.78, 5) is 24.8. The topological polar surface area (TPSA) is 91.0 Å². The zero-order valence-corrected chi connectivity index (χ0v) is 30.3. The van der Waals surface area contributed by atoms with Crippen LogP contribution in [0.5, 0.6) is 0 Å². The van der Waals surface area contributed by atoms with Gasteiger partial charge in [0.2, 0.25) is 0 Å². The van der Waals surface area contributed by atoms with Crippen LogP contribution in [-0.2, 0) is 57.7 Å². The number of ketones is 1. The fourth-order valence-corrected chi connectivity index (χ4v) is 5.91. The summed E-state index contributed by atoms with van der Waals surface area (Å²) in [5.41, 5.74) is 6.88. The third-order valence-corrected chi connectivity index (χ3v) is 8.66. The summed E-state index contributed by atoms with van der Waals surface area (Å²) >= 11 is 12.5. The molecule has 2 aromatic heterocycles. The molecular weight excluding hydrogens is 663 g/mol. The van der Waals surface area contributed by atoms with Crippen LogP contribution in [0.3, 0.4) is 0 Å². The van der Waals surface area contributed by atoms with Gasteiger partial charge in [0, 0.05) is 33.7 Å². The van der Waals surface area contributed by atoms with E-state index in [0.717, 1.165) is 53.9 Å². The molecular formula is C38H52Cl2FN5O3. The second kappa shape index (κ2) is 21.5. The lowest BCUT2D eigenvalue weighted by atomic mass is 10.0. The van der Waals surface area contributed by atoms with Crippen LogP contribution in [0.4, 0.5) is 4.39 Å². The molecule has 0 unspecified atom stereocenters. The number of benzene rings is 2. The molecule has 49 heavy (non-hydrogen) atoms. The van der Waals surface area contributed by atoms with Crippen molar-refractivity contribution < 1.29 is 18.7 Å². The van der Waals surface area contributed by atoms with Gasteiger partial charge in [-0.1, -0.05) is 99.9 Å². The van der Waals surface area contributed by atoms with Gasteiger partial charge >= 0.3 is 0 Å². The Balaban J connectivity index is 0.000000333. The molecule has 0 spiro atoms. The predicted octanol–water partition coefficient (Wildman–Crippen LogP) is 8.87. The Labute approximate surface area is 301 Å². The number of carbonyl (C=O) groups is 2. The number of carbonyl (C=O) groups excluding carboxylic acids is 2. The van der Waals surface area contributed by atoms with Gasteiger partial charge in [-0.15, -0.1) is 0 Å². The number of hydrogen-bond acceptors (Lipinski definition) is 5. The smallest absolute Gasteiger partial charge is 0.271 e. The molecule has 11 heteroatoms. The zero-order chi connectivity index (χ0) is 35.1. The highest BCUT2D eigenvalue weighted by atomic mass is 35.5. The largest absolute Gasteiger partial charge is 0.377 e. The lowest BCUT2D eigenvalue weighted by molar-refractivity contribution is 0.0939. The number of amides is 1. The number of rotatable bonds is 17. The van der Waals surface area contributed by atoms with Crippen LogP contribution >= 0.6 is 23.2 Å². The Morgan fingerprint density at radius 3 is 1.82 bits per heavy atom. The number of alkyl halides is 1. The van der Waals surface area contributed by atoms with Crippen LogP contribution < -0.4 is 5.32 Å². The molecule has 2 heterocycles. The van der Waals surface area contributed by atoms with Gasteiger partial charge in [0.1, 0.15) is 11.4 Å². The van der Waals surface area contributed by atoms with Gasteiger partial charge < -0.3 is 10.1 Å². The highest BCUT2D eigenvalue weighted by molar-refractivity contribution is 6.34. The monoisotopic (exact) mass is 714 g/mol. The molecule has 0 aliphatic rings. The van der Waals surface area contributed by atoms with Crippen LogP contribution in [0.1, 0.15) is 108 Å². The Kier molecular flexibility index (Phi) is 18.3. The molecule has 0 bridgehead atoms. The first-order valence-corrected chi connectivity index (χ1v) is 17.4. The number of Topliss-reactive ketones (excluding diaryl/α,β-unsaturated/α-hetero) is 1. The van der Waals surface area contributed by atoms with E-state index in [9.17, 15) is 14.0 Å². The van der Waals surface area contributed by atoms with E-state index >= 15 is 0 Å². The summed E-state index contributed by atoms with van der Waals surface area (Å²) in [5.74, 6) is -0.202. The number of ether oxygens (including phenoxy) is 1. The molecule has 0 aliphatic carbocycles. The van der Waals surface area contributed by atoms with E-state index in [1.807, 2.05) is 50.2 Å². The van der Waals surface area contributed by atoms with Crippen LogP contribution in [-0.4, -0.2) is 44.5 Å². The Hall–Kier alpha value is -3.53. The molecule has 1 N–H and O–H groups in total. The van der Waals surface area contributed by atoms with Crippen molar-refractivity contribution in [1.29, 1.82) is 0 Å². The van der Waals surface area contributed by atoms with Gasteiger partial charge in [0.15, 0.2) is 5.78 Å². The summed E-state index contributed by atoms with van der Waals surface area (Å²) < 4.78 is 20.7. The SMILES string of the molecule is C.CCCOCc1ccc(CNC(=O)c2c(Cl)c(CC)nn2C)cc1.CCc1nn(C)c(C(=O)CCc2ccc(CCCC[18F])cc2)c1Cl. The van der Waals surface area contributed by atoms with Crippen molar-refractivity contribution in [3.05, 3.63) is 104 Å². The quantitative estimate of drug-likeness (QED) is 0.0872. The number of nitrogens with one attached hydrogen (secondary N) is 1. The van der Waals surface area contributed by atoms with E-state index in [1.54, 1.807) is 18.8 Å². The van der Waals surface area contributed by atoms with Crippen molar-refractivity contribution in [3.63, 3.8) is 0 Å². The minimum atomic E-state index is -0.253. The third kappa shape index (κ3) is 12.4. The first kappa shape index (κ1) is 41.6. The number of halogens is 3. The number of nitrogens with zero attached hydrogens (tertiary/aromatic N) is 4. The van der Waals surface area contributed by atoms with Gasteiger partial charge in [0.25, 0.3) is 5.91 Å². The molecule has 0 radical (unpaired) electrons. The standard InChI is InChI=1S/C19H24ClFN2O.C18H24ClN3O2.CH4/c1-3-16-18(20)19(23(2)22-16)17(24)12-11-15-9-7-14(8-10-15)6-4-5-13-21;1-4-10-24-12-14-8-6-13(7-9-14)11-20-18(23)17-16(19)15(5-2)21-22(17)3;/h7-10H,3-6,11-13H2,1-2H3;6-9H,4-5,10-12H2,1-3H3,(H,20,23);1H4/i21-1;;. The fourth-order valence-electron chi connectivity index (χ4n) is 5.13. The molecule has 0 aliphatic heterocycles. The number of hydrogen-bond donors (Lipinski definition) is 1. The maximum Gasteiger partial charge on any atom is 0.271 e. The van der Waals surface area contributed by atoms with E-state index in [4.69, 9.17) is 27.9 Å². The number of unbranched alkanes of at least 4 members (excludes halogenated alkanes) is 1. The number of aryl methyl sites for hydroxylation is 6. The van der Waals surface area contributed by atoms with E-state index in [-0.39, 0.29) is 25.8 Å². The minimum absolute atomic E-state index is 0. The summed E-state index contributed by atoms with van der Waals surface area (Å²) in [5, 5.41) is 12.4. The first-order chi connectivity index (χ1) is 23.1. The summed E-state index contributed by atoms with van der Waals surface area (Å²) in [6.45, 7) is 7.59. The lowest BCUT2D eigenvalue weighted by Gasteiger charge is -2.07. The van der Waals surface area contributed by atoms with Crippen molar-refractivity contribution in [2.75, 3.05) is 13.3 Å². The summed E-state index contributed by atoms with van der Waals surface area (Å²) in [6, 6.07) is 16.2. The lowest BCUT2D eigenvalue weighted by Crippen LogP contribution is -2.25. The Morgan fingerprint density at radius 1 is 0.776 bits per heavy atom. The van der Waals surface area contributed by atoms with Crippen LogP contribution in [0.15, 0.2) is 48.5 Å². The van der Waals surface area contributed by atoms with Gasteiger partial charge in [-0.25, -0.2) is 0 Å². The molecule has 0 saturated heterocycles. The number of aromatic nitrogens is 4. The normalized spacial score (nSPS) is 10.7. The van der Waals surface area contributed by atoms with E-state index in [2.05, 4.69) is 34.6 Å². The molecule has 1 amide bonds. The molecule has 0 saturated carbocycles. The second-order valence-corrected chi connectivity index (χ2v) is 12.4. The highest BCUT2D eigenvalue weighted by Gasteiger charge is 2.20. The molecule has 8 nitrogen and oxygen atoms in total. The van der Waals surface area contributed by atoms with Crippen LogP contribution in [0, 0.1) is 0 Å². The van der Waals surface area contributed by atoms with E-state index < -0.39 is 0 Å². The van der Waals surface area contributed by atoms with Crippen molar-refractivity contribution in [1.82, 2.24) is 24.9 Å². The fraction of sp³-hybridized carbons (Fsp3) is 0.474. The van der Waals surface area contributed by atoms with Gasteiger partial charge in [-0.3, -0.25) is 23.3 Å². The maximum atomic E-state index is 12.4. The molecule has 0 fully saturated rings. The average molecular weight is 716 g/mol. The summed E-state index contributed by atoms with van der Waals surface area (Å²) in [7, 11) is 3.48. The third-order valence-electron chi connectivity index (χ3n) is 7.87. The van der Waals surface area contributed by atoms with Crippen molar-refractivity contribution in [2.45, 2.75) is 92.7 Å². The maximum absolute atomic E-state index is 12.4. The minimum Gasteiger partial charge on any atom is -0.377 e. The predicted molar refractivity (Wildman–Crippen MR) is 197 cm³/mol. The van der Waals surface area contributed by atoms with Crippen molar-refractivity contribution in [3.8, 4) is 0 Å². The van der Waals surface area contributed by atoms with Gasteiger partial charge in [0.05, 0.1) is 34.7 Å². The van der Waals surface area contributed by atoms with Gasteiger partial charge in [-0.2, -0.15) is 10.2 Å². The molecule has 268 valence electrons. The Bertz CT molecular complexity index is 1480.